The largest absolute Gasteiger partial charge is 0.480 e. The van der Waals surface area contributed by atoms with Gasteiger partial charge in [0.15, 0.2) is 5.75 Å². The van der Waals surface area contributed by atoms with Crippen molar-refractivity contribution in [1.29, 1.82) is 0 Å². The Morgan fingerprint density at radius 1 is 1.12 bits per heavy atom. The van der Waals surface area contributed by atoms with Crippen molar-refractivity contribution in [3.05, 3.63) is 49.1 Å². The molecule has 0 saturated carbocycles. The number of carbonyl (C=O) groups is 1. The summed E-state index contributed by atoms with van der Waals surface area (Å²) in [7, 11) is -4.60. The van der Waals surface area contributed by atoms with Crippen molar-refractivity contribution >= 4 is 61.6 Å². The maximum atomic E-state index is 10.8. The van der Waals surface area contributed by atoms with Crippen LogP contribution >= 0.6 is 45.2 Å². The fourth-order valence-corrected chi connectivity index (χ4v) is 3.76. The van der Waals surface area contributed by atoms with Gasteiger partial charge in [0, 0.05) is 0 Å². The Labute approximate surface area is 176 Å². The molecule has 1 unspecified atom stereocenters. The van der Waals surface area contributed by atoms with E-state index in [9.17, 15) is 13.2 Å². The number of ether oxygens (including phenoxy) is 1. The highest BCUT2D eigenvalue weighted by Crippen LogP contribution is 2.32. The van der Waals surface area contributed by atoms with E-state index < -0.39 is 22.4 Å². The number of nitrogens with two attached hydrogens (primary N) is 1. The van der Waals surface area contributed by atoms with E-state index in [2.05, 4.69) is 26.8 Å². The first kappa shape index (κ1) is 21.1. The summed E-state index contributed by atoms with van der Waals surface area (Å²) in [5.74, 6) is -0.113. The van der Waals surface area contributed by atoms with Crippen LogP contribution in [-0.2, 0) is 21.6 Å². The van der Waals surface area contributed by atoms with Gasteiger partial charge in [-0.15, -0.1) is 0 Å². The molecule has 140 valence electrons. The van der Waals surface area contributed by atoms with Gasteiger partial charge in [0.25, 0.3) is 0 Å². The highest BCUT2D eigenvalue weighted by Gasteiger charge is 2.14. The lowest BCUT2D eigenvalue weighted by molar-refractivity contribution is -0.138. The molecule has 0 fully saturated rings. The molecule has 0 aliphatic carbocycles. The van der Waals surface area contributed by atoms with E-state index in [-0.39, 0.29) is 12.2 Å². The molecule has 1 atom stereocenters. The predicted molar refractivity (Wildman–Crippen MR) is 110 cm³/mol. The van der Waals surface area contributed by atoms with E-state index in [1.807, 2.05) is 22.6 Å². The smallest absolute Gasteiger partial charge is 0.446 e. The van der Waals surface area contributed by atoms with E-state index in [0.29, 0.717) is 15.1 Å². The topological polar surface area (TPSA) is 136 Å². The highest BCUT2D eigenvalue weighted by molar-refractivity contribution is 14.1. The number of aliphatic carboxylic acids is 1. The SMILES string of the molecule is NC(Cc1ccc(Oc2ccc(OS(=O)(=O)O)c(I)c2)c(I)c1)C(=O)O. The number of benzene rings is 2. The molecule has 26 heavy (non-hydrogen) atoms. The fourth-order valence-electron chi connectivity index (χ4n) is 1.95. The molecule has 11 heteroatoms. The molecule has 2 aromatic rings. The quantitative estimate of drug-likeness (QED) is 0.324. The van der Waals surface area contributed by atoms with Crippen LogP contribution in [0.3, 0.4) is 0 Å². The van der Waals surface area contributed by atoms with Crippen LogP contribution in [0.4, 0.5) is 0 Å². The lowest BCUT2D eigenvalue weighted by atomic mass is 10.1. The van der Waals surface area contributed by atoms with Crippen LogP contribution < -0.4 is 14.7 Å². The standard InChI is InChI=1S/C15H13I2NO7S/c16-10-5-8(6-12(18)15(19)20)1-3-13(10)24-9-2-4-14(11(17)7-9)25-26(21,22)23/h1-5,7,12H,6,18H2,(H,19,20)(H,21,22,23). The van der Waals surface area contributed by atoms with Gasteiger partial charge in [-0.1, -0.05) is 6.07 Å². The number of rotatable bonds is 7. The first-order valence-electron chi connectivity index (χ1n) is 6.96. The van der Waals surface area contributed by atoms with Crippen LogP contribution in [0.1, 0.15) is 5.56 Å². The molecule has 0 amide bonds. The first-order chi connectivity index (χ1) is 12.0. The molecule has 4 N–H and O–H groups in total. The van der Waals surface area contributed by atoms with Crippen LogP contribution in [0, 0.1) is 7.14 Å². The zero-order chi connectivity index (χ0) is 19.5. The lowest BCUT2D eigenvalue weighted by Crippen LogP contribution is -2.32. The monoisotopic (exact) mass is 605 g/mol. The molecule has 0 aromatic heterocycles. The third-order valence-electron chi connectivity index (χ3n) is 3.10. The number of carboxylic acid groups (broad SMARTS) is 1. The fraction of sp³-hybridized carbons (Fsp3) is 0.133. The minimum atomic E-state index is -4.60. The lowest BCUT2D eigenvalue weighted by Gasteiger charge is -2.12. The minimum absolute atomic E-state index is 0.0202. The Hall–Kier alpha value is -1.16. The number of halogens is 2. The second-order valence-electron chi connectivity index (χ2n) is 5.12. The van der Waals surface area contributed by atoms with E-state index in [4.69, 9.17) is 20.1 Å². The predicted octanol–water partition coefficient (Wildman–Crippen LogP) is 2.82. The second-order valence-corrected chi connectivity index (χ2v) is 8.47. The Balaban J connectivity index is 2.16. The van der Waals surface area contributed by atoms with E-state index in [1.54, 1.807) is 24.3 Å². The summed E-state index contributed by atoms with van der Waals surface area (Å²) in [5.41, 5.74) is 6.30. The minimum Gasteiger partial charge on any atom is -0.480 e. The van der Waals surface area contributed by atoms with Gasteiger partial charge >= 0.3 is 16.4 Å². The second kappa shape index (κ2) is 8.69. The van der Waals surface area contributed by atoms with Crippen molar-refractivity contribution < 1.29 is 31.8 Å². The van der Waals surface area contributed by atoms with Crippen LogP contribution in [0.5, 0.6) is 17.2 Å². The summed E-state index contributed by atoms with van der Waals surface area (Å²) in [6.45, 7) is 0. The van der Waals surface area contributed by atoms with Crippen LogP contribution in [0.15, 0.2) is 36.4 Å². The van der Waals surface area contributed by atoms with Crippen molar-refractivity contribution in [3.8, 4) is 17.2 Å². The van der Waals surface area contributed by atoms with E-state index >= 15 is 0 Å². The van der Waals surface area contributed by atoms with Crippen molar-refractivity contribution in [3.63, 3.8) is 0 Å². The molecule has 2 rings (SSSR count). The molecular weight excluding hydrogens is 592 g/mol. The number of hydrogen-bond acceptors (Lipinski definition) is 6. The maximum Gasteiger partial charge on any atom is 0.446 e. The third kappa shape index (κ3) is 6.22. The molecule has 0 bridgehead atoms. The summed E-state index contributed by atoms with van der Waals surface area (Å²) >= 11 is 3.91. The van der Waals surface area contributed by atoms with Crippen molar-refractivity contribution in [1.82, 2.24) is 0 Å². The van der Waals surface area contributed by atoms with Crippen molar-refractivity contribution in [2.75, 3.05) is 0 Å². The van der Waals surface area contributed by atoms with Gasteiger partial charge in [0.2, 0.25) is 0 Å². The summed E-state index contributed by atoms with van der Waals surface area (Å²) < 4.78 is 41.7. The Morgan fingerprint density at radius 2 is 1.73 bits per heavy atom. The summed E-state index contributed by atoms with van der Waals surface area (Å²) in [5, 5.41) is 8.87. The first-order valence-corrected chi connectivity index (χ1v) is 10.5. The van der Waals surface area contributed by atoms with Crippen LogP contribution in [-0.4, -0.2) is 30.1 Å². The molecule has 0 aliphatic rings. The molecule has 0 radical (unpaired) electrons. The van der Waals surface area contributed by atoms with Crippen LogP contribution in [0.2, 0.25) is 0 Å². The number of hydrogen-bond donors (Lipinski definition) is 3. The molecular formula is C15H13I2NO7S. The van der Waals surface area contributed by atoms with Gasteiger partial charge in [-0.3, -0.25) is 9.35 Å². The zero-order valence-electron chi connectivity index (χ0n) is 12.9. The van der Waals surface area contributed by atoms with Gasteiger partial charge in [-0.05, 0) is 87.5 Å². The number of carboxylic acids is 1. The average molecular weight is 605 g/mol. The normalized spacial score (nSPS) is 12.5. The molecule has 8 nitrogen and oxygen atoms in total. The maximum absolute atomic E-state index is 10.8. The van der Waals surface area contributed by atoms with Gasteiger partial charge in [0.05, 0.1) is 7.14 Å². The Bertz CT molecular complexity index is 934. The Kier molecular flexibility index (Phi) is 7.06. The molecule has 0 spiro atoms. The van der Waals surface area contributed by atoms with Gasteiger partial charge in [0.1, 0.15) is 17.5 Å². The third-order valence-corrected chi connectivity index (χ3v) is 5.17. The van der Waals surface area contributed by atoms with Gasteiger partial charge in [-0.25, -0.2) is 0 Å². The summed E-state index contributed by atoms with van der Waals surface area (Å²) in [6.07, 6.45) is 0.200. The van der Waals surface area contributed by atoms with E-state index in [0.717, 1.165) is 9.13 Å². The Morgan fingerprint density at radius 3 is 2.27 bits per heavy atom. The van der Waals surface area contributed by atoms with Gasteiger partial charge < -0.3 is 19.8 Å². The molecule has 2 aromatic carbocycles. The van der Waals surface area contributed by atoms with Crippen molar-refractivity contribution in [2.45, 2.75) is 12.5 Å². The summed E-state index contributed by atoms with van der Waals surface area (Å²) in [4.78, 5) is 10.8. The van der Waals surface area contributed by atoms with Gasteiger partial charge in [-0.2, -0.15) is 8.42 Å². The highest BCUT2D eigenvalue weighted by atomic mass is 127. The average Bonchev–Trinajstić information content (AvgIpc) is 2.51. The van der Waals surface area contributed by atoms with Crippen LogP contribution in [0.25, 0.3) is 0 Å². The zero-order valence-corrected chi connectivity index (χ0v) is 18.1. The molecule has 0 heterocycles. The van der Waals surface area contributed by atoms with Crippen molar-refractivity contribution in [2.24, 2.45) is 5.73 Å². The van der Waals surface area contributed by atoms with E-state index in [1.165, 1.54) is 12.1 Å². The molecule has 0 aliphatic heterocycles. The summed E-state index contributed by atoms with van der Waals surface area (Å²) in [6, 6.07) is 8.62. The molecule has 0 saturated heterocycles.